The Kier molecular flexibility index (Phi) is 2.58. The van der Waals surface area contributed by atoms with Crippen LogP contribution in [0.1, 0.15) is 5.56 Å². The summed E-state index contributed by atoms with van der Waals surface area (Å²) in [6.45, 7) is 0.740. The van der Waals surface area contributed by atoms with Gasteiger partial charge in [0.05, 0.1) is 20.0 Å². The smallest absolute Gasteiger partial charge is 0.125 e. The molecule has 0 bridgehead atoms. The van der Waals surface area contributed by atoms with Gasteiger partial charge in [0.1, 0.15) is 5.75 Å². The fourth-order valence-electron chi connectivity index (χ4n) is 1.47. The van der Waals surface area contributed by atoms with E-state index in [1.54, 1.807) is 19.6 Å². The summed E-state index contributed by atoms with van der Waals surface area (Å²) in [6, 6.07) is 5.66. The zero-order chi connectivity index (χ0) is 10.7. The van der Waals surface area contributed by atoms with Crippen LogP contribution >= 0.6 is 0 Å². The van der Waals surface area contributed by atoms with Crippen LogP contribution in [0.2, 0.25) is 0 Å². The van der Waals surface area contributed by atoms with Crippen molar-refractivity contribution < 1.29 is 4.74 Å². The van der Waals surface area contributed by atoms with E-state index in [9.17, 15) is 0 Å². The minimum Gasteiger partial charge on any atom is -0.496 e. The summed E-state index contributed by atoms with van der Waals surface area (Å²) >= 11 is 0. The molecule has 0 amide bonds. The third-order valence-electron chi connectivity index (χ3n) is 2.22. The number of aromatic nitrogens is 2. The average molecular weight is 203 g/mol. The predicted octanol–water partition coefficient (Wildman–Crippen LogP) is 1.52. The van der Waals surface area contributed by atoms with Crippen LogP contribution in [0.3, 0.4) is 0 Å². The van der Waals surface area contributed by atoms with E-state index >= 15 is 0 Å². The molecule has 0 fully saturated rings. The van der Waals surface area contributed by atoms with E-state index in [-0.39, 0.29) is 0 Å². The Morgan fingerprint density at radius 3 is 3.00 bits per heavy atom. The summed E-state index contributed by atoms with van der Waals surface area (Å²) < 4.78 is 7.24. The molecular formula is C11H13N3O. The van der Waals surface area contributed by atoms with Gasteiger partial charge in [-0.2, -0.15) is 0 Å². The molecule has 0 spiro atoms. The molecule has 2 aromatic rings. The normalized spacial score (nSPS) is 10.2. The number of ether oxygens (including phenoxy) is 1. The minimum absolute atomic E-state index is 0.709. The van der Waals surface area contributed by atoms with Gasteiger partial charge in [0.25, 0.3) is 0 Å². The Hall–Kier alpha value is -1.97. The number of hydrogen-bond donors (Lipinski definition) is 1. The van der Waals surface area contributed by atoms with Gasteiger partial charge in [-0.3, -0.25) is 0 Å². The van der Waals surface area contributed by atoms with Crippen LogP contribution < -0.4 is 10.5 Å². The monoisotopic (exact) mass is 203 g/mol. The number of rotatable bonds is 3. The number of nitrogens with two attached hydrogens (primary N) is 1. The van der Waals surface area contributed by atoms with E-state index in [0.717, 1.165) is 17.9 Å². The molecule has 0 saturated carbocycles. The molecule has 0 atom stereocenters. The van der Waals surface area contributed by atoms with Gasteiger partial charge in [-0.05, 0) is 6.07 Å². The van der Waals surface area contributed by atoms with Crippen LogP contribution in [-0.2, 0) is 6.54 Å². The van der Waals surface area contributed by atoms with E-state index in [2.05, 4.69) is 4.98 Å². The molecule has 0 radical (unpaired) electrons. The molecule has 0 aliphatic carbocycles. The molecule has 0 aliphatic heterocycles. The third-order valence-corrected chi connectivity index (χ3v) is 2.22. The summed E-state index contributed by atoms with van der Waals surface area (Å²) in [5.41, 5.74) is 7.47. The fourth-order valence-corrected chi connectivity index (χ4v) is 1.47. The van der Waals surface area contributed by atoms with Gasteiger partial charge >= 0.3 is 0 Å². The number of imidazole rings is 1. The lowest BCUT2D eigenvalue weighted by Gasteiger charge is -2.09. The highest BCUT2D eigenvalue weighted by atomic mass is 16.5. The van der Waals surface area contributed by atoms with E-state index in [0.29, 0.717) is 5.69 Å². The average Bonchev–Trinajstić information content (AvgIpc) is 2.73. The molecule has 4 heteroatoms. The zero-order valence-corrected chi connectivity index (χ0v) is 8.55. The molecule has 2 rings (SSSR count). The standard InChI is InChI=1S/C11H13N3O/c1-15-11-6-10(12)3-2-9(11)7-14-5-4-13-8-14/h2-6,8H,7,12H2,1H3. The Balaban J connectivity index is 2.28. The van der Waals surface area contributed by atoms with Crippen molar-refractivity contribution in [2.75, 3.05) is 12.8 Å². The lowest BCUT2D eigenvalue weighted by molar-refractivity contribution is 0.408. The second kappa shape index (κ2) is 4.04. The maximum Gasteiger partial charge on any atom is 0.125 e. The van der Waals surface area contributed by atoms with Crippen LogP contribution in [0.5, 0.6) is 5.75 Å². The number of hydrogen-bond acceptors (Lipinski definition) is 3. The number of benzene rings is 1. The van der Waals surface area contributed by atoms with E-state index in [4.69, 9.17) is 10.5 Å². The van der Waals surface area contributed by atoms with Crippen LogP contribution in [0.25, 0.3) is 0 Å². The predicted molar refractivity (Wildman–Crippen MR) is 58.7 cm³/mol. The Labute approximate surface area is 88.3 Å². The molecule has 15 heavy (non-hydrogen) atoms. The molecular weight excluding hydrogens is 190 g/mol. The van der Waals surface area contributed by atoms with Crippen LogP contribution in [-0.4, -0.2) is 16.7 Å². The number of methoxy groups -OCH3 is 1. The van der Waals surface area contributed by atoms with Crippen molar-refractivity contribution in [1.29, 1.82) is 0 Å². The summed E-state index contributed by atoms with van der Waals surface area (Å²) in [5, 5.41) is 0. The van der Waals surface area contributed by atoms with E-state index < -0.39 is 0 Å². The second-order valence-corrected chi connectivity index (χ2v) is 3.31. The highest BCUT2D eigenvalue weighted by Gasteiger charge is 2.03. The maximum atomic E-state index is 5.68. The number of anilines is 1. The van der Waals surface area contributed by atoms with Crippen molar-refractivity contribution in [3.05, 3.63) is 42.5 Å². The molecule has 1 heterocycles. The molecule has 0 unspecified atom stereocenters. The van der Waals surface area contributed by atoms with Gasteiger partial charge < -0.3 is 15.0 Å². The van der Waals surface area contributed by atoms with Crippen molar-refractivity contribution in [2.45, 2.75) is 6.54 Å². The van der Waals surface area contributed by atoms with Crippen LogP contribution in [0.15, 0.2) is 36.9 Å². The molecule has 4 nitrogen and oxygen atoms in total. The van der Waals surface area contributed by atoms with Crippen LogP contribution in [0, 0.1) is 0 Å². The Morgan fingerprint density at radius 2 is 2.33 bits per heavy atom. The minimum atomic E-state index is 0.709. The van der Waals surface area contributed by atoms with Gasteiger partial charge in [-0.25, -0.2) is 4.98 Å². The molecule has 78 valence electrons. The first kappa shape index (κ1) is 9.58. The van der Waals surface area contributed by atoms with Gasteiger partial charge in [0.15, 0.2) is 0 Å². The third kappa shape index (κ3) is 2.10. The van der Waals surface area contributed by atoms with Crippen molar-refractivity contribution in [3.63, 3.8) is 0 Å². The first-order valence-electron chi connectivity index (χ1n) is 4.67. The Morgan fingerprint density at radius 1 is 1.47 bits per heavy atom. The van der Waals surface area contributed by atoms with Crippen molar-refractivity contribution in [3.8, 4) is 5.75 Å². The molecule has 1 aromatic carbocycles. The quantitative estimate of drug-likeness (QED) is 0.769. The molecule has 1 aromatic heterocycles. The summed E-state index contributed by atoms with van der Waals surface area (Å²) in [7, 11) is 1.65. The fraction of sp³-hybridized carbons (Fsp3) is 0.182. The first-order chi connectivity index (χ1) is 7.29. The van der Waals surface area contributed by atoms with Gasteiger partial charge in [-0.1, -0.05) is 6.07 Å². The highest BCUT2D eigenvalue weighted by molar-refractivity contribution is 5.48. The first-order valence-corrected chi connectivity index (χ1v) is 4.67. The summed E-state index contributed by atoms with van der Waals surface area (Å²) in [4.78, 5) is 3.99. The zero-order valence-electron chi connectivity index (χ0n) is 8.55. The number of nitrogens with zero attached hydrogens (tertiary/aromatic N) is 2. The Bertz CT molecular complexity index is 437. The van der Waals surface area contributed by atoms with E-state index in [1.807, 2.05) is 29.0 Å². The van der Waals surface area contributed by atoms with Crippen molar-refractivity contribution in [1.82, 2.24) is 9.55 Å². The van der Waals surface area contributed by atoms with Crippen molar-refractivity contribution in [2.24, 2.45) is 0 Å². The largest absolute Gasteiger partial charge is 0.496 e. The second-order valence-electron chi connectivity index (χ2n) is 3.31. The lowest BCUT2D eigenvalue weighted by Crippen LogP contribution is -2.00. The molecule has 0 saturated heterocycles. The topological polar surface area (TPSA) is 53.1 Å². The number of nitrogen functional groups attached to an aromatic ring is 1. The highest BCUT2D eigenvalue weighted by Crippen LogP contribution is 2.22. The summed E-state index contributed by atoms with van der Waals surface area (Å²) in [6.07, 6.45) is 5.44. The molecule has 2 N–H and O–H groups in total. The molecule has 0 aliphatic rings. The van der Waals surface area contributed by atoms with E-state index in [1.165, 1.54) is 0 Å². The van der Waals surface area contributed by atoms with Gasteiger partial charge in [-0.15, -0.1) is 0 Å². The van der Waals surface area contributed by atoms with Gasteiger partial charge in [0, 0.05) is 29.7 Å². The maximum absolute atomic E-state index is 5.68. The van der Waals surface area contributed by atoms with Crippen molar-refractivity contribution >= 4 is 5.69 Å². The SMILES string of the molecule is COc1cc(N)ccc1Cn1ccnc1. The van der Waals surface area contributed by atoms with Gasteiger partial charge in [0.2, 0.25) is 0 Å². The summed E-state index contributed by atoms with van der Waals surface area (Å²) in [5.74, 6) is 0.809. The van der Waals surface area contributed by atoms with Crippen LogP contribution in [0.4, 0.5) is 5.69 Å². The lowest BCUT2D eigenvalue weighted by atomic mass is 10.2.